The van der Waals surface area contributed by atoms with Crippen LogP contribution in [-0.4, -0.2) is 19.2 Å². The van der Waals surface area contributed by atoms with Gasteiger partial charge in [0.2, 0.25) is 0 Å². The maximum absolute atomic E-state index is 12.1. The van der Waals surface area contributed by atoms with Gasteiger partial charge in [0.05, 0.1) is 6.61 Å². The number of anilines is 1. The van der Waals surface area contributed by atoms with Gasteiger partial charge < -0.3 is 15.4 Å². The lowest BCUT2D eigenvalue weighted by Gasteiger charge is -2.14. The normalized spacial score (nSPS) is 10.5. The summed E-state index contributed by atoms with van der Waals surface area (Å²) in [6.07, 6.45) is 0.732. The Labute approximate surface area is 144 Å². The summed E-state index contributed by atoms with van der Waals surface area (Å²) < 4.78 is 5.60. The van der Waals surface area contributed by atoms with E-state index in [9.17, 15) is 4.79 Å². The van der Waals surface area contributed by atoms with Crippen molar-refractivity contribution in [2.45, 2.75) is 33.1 Å². The minimum absolute atomic E-state index is 0.183. The fourth-order valence-corrected chi connectivity index (χ4v) is 2.60. The molecule has 0 heterocycles. The Morgan fingerprint density at radius 1 is 1.08 bits per heavy atom. The van der Waals surface area contributed by atoms with Gasteiger partial charge in [-0.25, -0.2) is 4.79 Å². The van der Waals surface area contributed by atoms with E-state index in [2.05, 4.69) is 24.5 Å². The van der Waals surface area contributed by atoms with Gasteiger partial charge in [-0.2, -0.15) is 0 Å². The van der Waals surface area contributed by atoms with Crippen molar-refractivity contribution < 1.29 is 9.53 Å². The first kappa shape index (κ1) is 17.9. The minimum Gasteiger partial charge on any atom is -0.494 e. The second kappa shape index (κ2) is 8.96. The van der Waals surface area contributed by atoms with Crippen LogP contribution in [0.2, 0.25) is 0 Å². The summed E-state index contributed by atoms with van der Waals surface area (Å²) in [5.74, 6) is 1.24. The van der Waals surface area contributed by atoms with Crippen molar-refractivity contribution >= 4 is 11.7 Å². The zero-order valence-electron chi connectivity index (χ0n) is 14.6. The molecule has 2 N–H and O–H groups in total. The van der Waals surface area contributed by atoms with Gasteiger partial charge in [-0.15, -0.1) is 0 Å². The Balaban J connectivity index is 1.88. The molecule has 0 fully saturated rings. The molecule has 0 unspecified atom stereocenters. The number of nitrogens with one attached hydrogen (secondary N) is 2. The van der Waals surface area contributed by atoms with Crippen LogP contribution in [0.15, 0.2) is 48.5 Å². The van der Waals surface area contributed by atoms with Crippen LogP contribution in [0.1, 0.15) is 37.8 Å². The third kappa shape index (κ3) is 5.01. The van der Waals surface area contributed by atoms with Gasteiger partial charge in [0, 0.05) is 12.2 Å². The maximum Gasteiger partial charge on any atom is 0.319 e. The molecule has 2 amide bonds. The molecule has 0 saturated heterocycles. The van der Waals surface area contributed by atoms with E-state index in [1.165, 1.54) is 0 Å². The number of hydrogen-bond acceptors (Lipinski definition) is 2. The van der Waals surface area contributed by atoms with Gasteiger partial charge in [-0.05, 0) is 42.5 Å². The molecule has 2 aromatic rings. The highest BCUT2D eigenvalue weighted by Gasteiger charge is 2.09. The van der Waals surface area contributed by atoms with Crippen molar-refractivity contribution in [3.8, 4) is 5.75 Å². The number of para-hydroxylation sites is 2. The van der Waals surface area contributed by atoms with E-state index in [1.807, 2.05) is 55.5 Å². The molecule has 0 aromatic heterocycles. The number of ether oxygens (including phenoxy) is 1. The van der Waals surface area contributed by atoms with Crippen molar-refractivity contribution in [3.63, 3.8) is 0 Å². The summed E-state index contributed by atoms with van der Waals surface area (Å²) in [5.41, 5.74) is 3.09. The molecule has 0 atom stereocenters. The van der Waals surface area contributed by atoms with Gasteiger partial charge in [-0.3, -0.25) is 0 Å². The molecule has 0 aliphatic rings. The Morgan fingerprint density at radius 3 is 2.54 bits per heavy atom. The second-order valence-electron chi connectivity index (χ2n) is 5.91. The Bertz CT molecular complexity index is 668. The van der Waals surface area contributed by atoms with E-state index in [-0.39, 0.29) is 6.03 Å². The fourth-order valence-electron chi connectivity index (χ4n) is 2.60. The van der Waals surface area contributed by atoms with E-state index >= 15 is 0 Å². The van der Waals surface area contributed by atoms with E-state index in [0.29, 0.717) is 19.1 Å². The van der Waals surface area contributed by atoms with Crippen LogP contribution in [-0.2, 0) is 6.42 Å². The highest BCUT2D eigenvalue weighted by Crippen LogP contribution is 2.23. The van der Waals surface area contributed by atoms with Crippen LogP contribution < -0.4 is 15.4 Å². The molecular weight excluding hydrogens is 300 g/mol. The summed E-state index contributed by atoms with van der Waals surface area (Å²) in [6.45, 7) is 7.39. The third-order valence-corrected chi connectivity index (χ3v) is 3.78. The molecule has 0 saturated carbocycles. The topological polar surface area (TPSA) is 50.4 Å². The number of carbonyl (C=O) groups excluding carboxylic acids is 1. The highest BCUT2D eigenvalue weighted by atomic mass is 16.5. The Morgan fingerprint density at radius 2 is 1.79 bits per heavy atom. The molecule has 2 rings (SSSR count). The zero-order chi connectivity index (χ0) is 17.4. The molecule has 4 heteroatoms. The molecule has 24 heavy (non-hydrogen) atoms. The fraction of sp³-hybridized carbons (Fsp3) is 0.350. The lowest BCUT2D eigenvalue weighted by Crippen LogP contribution is -2.30. The third-order valence-electron chi connectivity index (χ3n) is 3.78. The summed E-state index contributed by atoms with van der Waals surface area (Å²) >= 11 is 0. The lowest BCUT2D eigenvalue weighted by molar-refractivity contribution is 0.252. The van der Waals surface area contributed by atoms with Crippen LogP contribution in [0.25, 0.3) is 0 Å². The van der Waals surface area contributed by atoms with Crippen molar-refractivity contribution in [2.24, 2.45) is 0 Å². The van der Waals surface area contributed by atoms with Crippen molar-refractivity contribution in [1.29, 1.82) is 0 Å². The van der Waals surface area contributed by atoms with E-state index in [4.69, 9.17) is 4.74 Å². The molecule has 0 aliphatic heterocycles. The maximum atomic E-state index is 12.1. The molecule has 4 nitrogen and oxygen atoms in total. The van der Waals surface area contributed by atoms with E-state index in [0.717, 1.165) is 29.0 Å². The Hall–Kier alpha value is -2.49. The smallest absolute Gasteiger partial charge is 0.319 e. The number of amides is 2. The van der Waals surface area contributed by atoms with Gasteiger partial charge in [-0.1, -0.05) is 50.2 Å². The van der Waals surface area contributed by atoms with Crippen LogP contribution >= 0.6 is 0 Å². The molecule has 0 aliphatic carbocycles. The van der Waals surface area contributed by atoms with Crippen molar-refractivity contribution in [1.82, 2.24) is 5.32 Å². The molecule has 128 valence electrons. The monoisotopic (exact) mass is 326 g/mol. The summed E-state index contributed by atoms with van der Waals surface area (Å²) in [4.78, 5) is 12.1. The quantitative estimate of drug-likeness (QED) is 0.783. The summed E-state index contributed by atoms with van der Waals surface area (Å²) in [7, 11) is 0. The van der Waals surface area contributed by atoms with Gasteiger partial charge in [0.1, 0.15) is 5.75 Å². The van der Waals surface area contributed by atoms with Crippen LogP contribution in [0.3, 0.4) is 0 Å². The van der Waals surface area contributed by atoms with E-state index in [1.54, 1.807) is 0 Å². The summed E-state index contributed by atoms with van der Waals surface area (Å²) in [5, 5.41) is 5.85. The van der Waals surface area contributed by atoms with E-state index < -0.39 is 0 Å². The lowest BCUT2D eigenvalue weighted by atomic mass is 10.0. The molecule has 0 bridgehead atoms. The first-order valence-corrected chi connectivity index (χ1v) is 8.46. The summed E-state index contributed by atoms with van der Waals surface area (Å²) in [6, 6.07) is 15.6. The van der Waals surface area contributed by atoms with Crippen molar-refractivity contribution in [3.05, 3.63) is 59.7 Å². The Kier molecular flexibility index (Phi) is 6.67. The number of benzene rings is 2. The standard InChI is InChI=1S/C20H26N2O2/c1-4-24-19-12-8-5-9-16(19)13-14-21-20(23)22-18-11-7-6-10-17(18)15(2)3/h5-12,15H,4,13-14H2,1-3H3,(H2,21,22,23). The number of urea groups is 1. The molecule has 0 radical (unpaired) electrons. The first-order valence-electron chi connectivity index (χ1n) is 8.46. The van der Waals surface area contributed by atoms with Crippen LogP contribution in [0.5, 0.6) is 5.75 Å². The largest absolute Gasteiger partial charge is 0.494 e. The van der Waals surface area contributed by atoms with Gasteiger partial charge in [0.15, 0.2) is 0 Å². The predicted octanol–water partition coefficient (Wildman–Crippen LogP) is 4.57. The van der Waals surface area contributed by atoms with Crippen LogP contribution in [0.4, 0.5) is 10.5 Å². The van der Waals surface area contributed by atoms with Crippen molar-refractivity contribution in [2.75, 3.05) is 18.5 Å². The number of hydrogen-bond donors (Lipinski definition) is 2. The van der Waals surface area contributed by atoms with Gasteiger partial charge >= 0.3 is 6.03 Å². The first-order chi connectivity index (χ1) is 11.6. The number of carbonyl (C=O) groups is 1. The average molecular weight is 326 g/mol. The van der Waals surface area contributed by atoms with Crippen LogP contribution in [0, 0.1) is 0 Å². The molecular formula is C20H26N2O2. The number of rotatable bonds is 7. The minimum atomic E-state index is -0.183. The van der Waals surface area contributed by atoms with Gasteiger partial charge in [0.25, 0.3) is 0 Å². The molecule has 0 spiro atoms. The average Bonchev–Trinajstić information content (AvgIpc) is 2.57. The zero-order valence-corrected chi connectivity index (χ0v) is 14.6. The second-order valence-corrected chi connectivity index (χ2v) is 5.91. The molecule has 2 aromatic carbocycles. The SMILES string of the molecule is CCOc1ccccc1CCNC(=O)Nc1ccccc1C(C)C. The predicted molar refractivity (Wildman–Crippen MR) is 98.9 cm³/mol. The highest BCUT2D eigenvalue weighted by molar-refractivity contribution is 5.90.